The van der Waals surface area contributed by atoms with Crippen LogP contribution < -0.4 is 16.0 Å². The molecule has 2 aliphatic heterocycles. The number of likely N-dealkylation sites (tertiary alicyclic amines) is 1. The van der Waals surface area contributed by atoms with E-state index in [4.69, 9.17) is 0 Å². The molecule has 7 rings (SSSR count). The molecule has 2 aromatic heterocycles. The van der Waals surface area contributed by atoms with E-state index in [2.05, 4.69) is 31.1 Å². The third-order valence-electron chi connectivity index (χ3n) is 10.4. The topological polar surface area (TPSA) is 150 Å². The number of aromatic nitrogens is 3. The van der Waals surface area contributed by atoms with Gasteiger partial charge in [0, 0.05) is 55.2 Å². The molecule has 0 bridgehead atoms. The third-order valence-corrected chi connectivity index (χ3v) is 10.4. The van der Waals surface area contributed by atoms with Crippen molar-refractivity contribution in [2.24, 2.45) is 5.41 Å². The Morgan fingerprint density at radius 2 is 1.70 bits per heavy atom. The van der Waals surface area contributed by atoms with Gasteiger partial charge < -0.3 is 25.8 Å². The summed E-state index contributed by atoms with van der Waals surface area (Å²) in [5.41, 5.74) is 4.37. The molecule has 1 atom stereocenters. The van der Waals surface area contributed by atoms with Crippen molar-refractivity contribution in [2.45, 2.75) is 51.1 Å². The van der Waals surface area contributed by atoms with Crippen LogP contribution in [0, 0.1) is 5.41 Å². The van der Waals surface area contributed by atoms with E-state index in [-0.39, 0.29) is 42.4 Å². The van der Waals surface area contributed by atoms with Gasteiger partial charge >= 0.3 is 0 Å². The Balaban J connectivity index is 1.08. The van der Waals surface area contributed by atoms with Crippen LogP contribution in [0.5, 0.6) is 0 Å². The number of hydrogen-bond acceptors (Lipinski definition) is 8. The summed E-state index contributed by atoms with van der Waals surface area (Å²) in [5.74, 6) is -0.105. The van der Waals surface area contributed by atoms with Crippen molar-refractivity contribution in [3.8, 4) is 0 Å². The van der Waals surface area contributed by atoms with Gasteiger partial charge in [0.2, 0.25) is 17.7 Å². The monoisotopic (exact) mass is 672 g/mol. The molecule has 4 amide bonds. The largest absolute Gasteiger partial charge is 0.337 e. The fourth-order valence-electron chi connectivity index (χ4n) is 7.58. The average molecular weight is 673 g/mol. The molecule has 4 heterocycles. The van der Waals surface area contributed by atoms with Crippen molar-refractivity contribution in [1.82, 2.24) is 30.3 Å². The smallest absolute Gasteiger partial charge is 0.274 e. The molecule has 0 unspecified atom stereocenters. The highest BCUT2D eigenvalue weighted by molar-refractivity contribution is 6.06. The lowest BCUT2D eigenvalue weighted by Gasteiger charge is -2.41. The summed E-state index contributed by atoms with van der Waals surface area (Å²) >= 11 is 0. The summed E-state index contributed by atoms with van der Waals surface area (Å²) < 4.78 is 0. The zero-order chi connectivity index (χ0) is 34.9. The minimum atomic E-state index is -0.772. The first-order chi connectivity index (χ1) is 24.2. The number of anilines is 2. The van der Waals surface area contributed by atoms with Crippen LogP contribution in [0.2, 0.25) is 0 Å². The van der Waals surface area contributed by atoms with Gasteiger partial charge in [0.25, 0.3) is 5.91 Å². The summed E-state index contributed by atoms with van der Waals surface area (Å²) in [6.07, 6.45) is 5.18. The summed E-state index contributed by atoms with van der Waals surface area (Å²) in [4.78, 5) is 62.0. The number of amides is 4. The highest BCUT2D eigenvalue weighted by Gasteiger charge is 2.51. The SMILES string of the molecule is CNCc1ccccc1CN(CC(=O)Nc1ccc2c(c1)C[C@@]1(C2)C(=O)Nc2ncccc21)C(=O)C1(C)CCN(C(=O)c2cccnn2)CC1. The van der Waals surface area contributed by atoms with Crippen LogP contribution in [0.25, 0.3) is 0 Å². The number of carbonyl (C=O) groups excluding carboxylic acids is 4. The fraction of sp³-hybridized carbons (Fsp3) is 0.342. The second-order valence-corrected chi connectivity index (χ2v) is 13.7. The van der Waals surface area contributed by atoms with Gasteiger partial charge in [-0.2, -0.15) is 5.10 Å². The Labute approximate surface area is 290 Å². The third kappa shape index (κ3) is 6.22. The Kier molecular flexibility index (Phi) is 8.87. The number of hydrogen-bond donors (Lipinski definition) is 3. The Morgan fingerprint density at radius 1 is 0.940 bits per heavy atom. The number of pyridine rings is 1. The molecule has 2 aromatic carbocycles. The molecule has 3 N–H and O–H groups in total. The first-order valence-electron chi connectivity index (χ1n) is 17.0. The Bertz CT molecular complexity index is 1960. The summed E-state index contributed by atoms with van der Waals surface area (Å²) in [6, 6.07) is 20.8. The molecule has 50 heavy (non-hydrogen) atoms. The summed E-state index contributed by atoms with van der Waals surface area (Å²) in [6.45, 7) is 3.44. The maximum absolute atomic E-state index is 14.4. The van der Waals surface area contributed by atoms with Gasteiger partial charge in [0.15, 0.2) is 5.69 Å². The molecule has 3 aliphatic rings. The van der Waals surface area contributed by atoms with Gasteiger partial charge in [-0.25, -0.2) is 4.98 Å². The van der Waals surface area contributed by atoms with Crippen molar-refractivity contribution < 1.29 is 19.2 Å². The number of benzene rings is 2. The van der Waals surface area contributed by atoms with E-state index in [0.717, 1.165) is 27.8 Å². The van der Waals surface area contributed by atoms with Crippen molar-refractivity contribution in [3.05, 3.63) is 113 Å². The van der Waals surface area contributed by atoms with Crippen molar-refractivity contribution in [1.29, 1.82) is 0 Å². The molecule has 1 spiro atoms. The van der Waals surface area contributed by atoms with Gasteiger partial charge in [-0.1, -0.05) is 43.3 Å². The molecule has 256 valence electrons. The summed E-state index contributed by atoms with van der Waals surface area (Å²) in [7, 11) is 1.87. The zero-order valence-electron chi connectivity index (χ0n) is 28.2. The van der Waals surface area contributed by atoms with Gasteiger partial charge in [-0.15, -0.1) is 5.10 Å². The van der Waals surface area contributed by atoms with Crippen LogP contribution in [-0.4, -0.2) is 75.3 Å². The van der Waals surface area contributed by atoms with Gasteiger partial charge in [-0.3, -0.25) is 19.2 Å². The molecule has 0 radical (unpaired) electrons. The number of rotatable bonds is 9. The molecule has 0 saturated carbocycles. The van der Waals surface area contributed by atoms with E-state index in [1.54, 1.807) is 28.1 Å². The normalized spacial score (nSPS) is 18.7. The van der Waals surface area contributed by atoms with Crippen LogP contribution in [0.4, 0.5) is 11.5 Å². The second-order valence-electron chi connectivity index (χ2n) is 13.7. The van der Waals surface area contributed by atoms with Crippen LogP contribution in [-0.2, 0) is 45.7 Å². The van der Waals surface area contributed by atoms with Crippen LogP contribution in [0.3, 0.4) is 0 Å². The zero-order valence-corrected chi connectivity index (χ0v) is 28.2. The van der Waals surface area contributed by atoms with Crippen molar-refractivity contribution in [2.75, 3.05) is 37.3 Å². The highest BCUT2D eigenvalue weighted by atomic mass is 16.2. The van der Waals surface area contributed by atoms with Crippen LogP contribution in [0.1, 0.15) is 58.1 Å². The predicted octanol–water partition coefficient (Wildman–Crippen LogP) is 3.49. The number of carbonyl (C=O) groups is 4. The molecule has 1 aliphatic carbocycles. The Hall–Kier alpha value is -5.49. The van der Waals surface area contributed by atoms with E-state index in [9.17, 15) is 19.2 Å². The van der Waals surface area contributed by atoms with Gasteiger partial charge in [0.05, 0.1) is 5.41 Å². The predicted molar refractivity (Wildman–Crippen MR) is 187 cm³/mol. The Morgan fingerprint density at radius 3 is 2.46 bits per heavy atom. The lowest BCUT2D eigenvalue weighted by atomic mass is 9.78. The maximum Gasteiger partial charge on any atom is 0.274 e. The lowest BCUT2D eigenvalue weighted by Crippen LogP contribution is -2.51. The van der Waals surface area contributed by atoms with Crippen molar-refractivity contribution in [3.63, 3.8) is 0 Å². The first kappa shape index (κ1) is 33.0. The first-order valence-corrected chi connectivity index (χ1v) is 17.0. The minimum absolute atomic E-state index is 0.0573. The van der Waals surface area contributed by atoms with E-state index in [0.29, 0.717) is 56.8 Å². The molecule has 1 saturated heterocycles. The average Bonchev–Trinajstić information content (AvgIpc) is 3.65. The molecule has 12 heteroatoms. The maximum atomic E-state index is 14.4. The quantitative estimate of drug-likeness (QED) is 0.245. The molecular formula is C38H40N8O4. The highest BCUT2D eigenvalue weighted by Crippen LogP contribution is 2.47. The second kappa shape index (κ2) is 13.4. The number of nitrogens with zero attached hydrogens (tertiary/aromatic N) is 5. The molecule has 12 nitrogen and oxygen atoms in total. The molecule has 4 aromatic rings. The molecule has 1 fully saturated rings. The standard InChI is InChI=1S/C38H40N8O4/c1-37(13-17-45(18-14-37)34(48)31-10-6-16-41-44-31)36(50)46(23-27-8-4-3-7-26(27)22-39-2)24-32(47)42-29-12-11-25-20-38(21-28(25)19-29)30-9-5-15-40-33(30)43-35(38)49/h3-12,15-16,19,39H,13-14,17-18,20-24H2,1-2H3,(H,42,47)(H,40,43,49)/t38-/m1/s1. The van der Waals surface area contributed by atoms with E-state index >= 15 is 0 Å². The van der Waals surface area contributed by atoms with E-state index < -0.39 is 10.8 Å². The minimum Gasteiger partial charge on any atom is -0.337 e. The van der Waals surface area contributed by atoms with Crippen LogP contribution >= 0.6 is 0 Å². The lowest BCUT2D eigenvalue weighted by molar-refractivity contribution is -0.146. The fourth-order valence-corrected chi connectivity index (χ4v) is 7.58. The molecular weight excluding hydrogens is 632 g/mol. The van der Waals surface area contributed by atoms with Gasteiger partial charge in [-0.05, 0) is 85.3 Å². The number of nitrogens with one attached hydrogen (secondary N) is 3. The van der Waals surface area contributed by atoms with Crippen LogP contribution in [0.15, 0.2) is 79.1 Å². The van der Waals surface area contributed by atoms with E-state index in [1.807, 2.05) is 68.6 Å². The van der Waals surface area contributed by atoms with Gasteiger partial charge in [0.1, 0.15) is 12.4 Å². The summed E-state index contributed by atoms with van der Waals surface area (Å²) in [5, 5.41) is 16.9. The number of fused-ring (bicyclic) bond motifs is 3. The van der Waals surface area contributed by atoms with Crippen molar-refractivity contribution >= 4 is 35.1 Å². The van der Waals surface area contributed by atoms with E-state index in [1.165, 1.54) is 6.20 Å². The number of piperidine rings is 1.